The second-order valence-electron chi connectivity index (χ2n) is 8.78. The Balaban J connectivity index is 2.65. The summed E-state index contributed by atoms with van der Waals surface area (Å²) >= 11 is 0. The van der Waals surface area contributed by atoms with Gasteiger partial charge in [0.05, 0.1) is 12.0 Å². The molecular weight excluding hydrogens is 407 g/mol. The lowest BCUT2D eigenvalue weighted by Gasteiger charge is -2.30. The highest BCUT2D eigenvalue weighted by atomic mass is 19.1. The molecule has 8 nitrogen and oxygen atoms in total. The molecule has 3 N–H and O–H groups in total. The highest BCUT2D eigenvalue weighted by Gasteiger charge is 2.36. The minimum absolute atomic E-state index is 0.0399. The monoisotopic (exact) mass is 440 g/mol. The topological polar surface area (TPSA) is 114 Å². The number of hydrogen-bond donors (Lipinski definition) is 3. The maximum Gasteiger partial charge on any atom is 0.408 e. The number of carbonyl (C=O) groups is 3. The summed E-state index contributed by atoms with van der Waals surface area (Å²) in [5, 5.41) is 12.0. The molecule has 0 fully saturated rings. The second kappa shape index (κ2) is 12.2. The fourth-order valence-corrected chi connectivity index (χ4v) is 2.80. The van der Waals surface area contributed by atoms with Gasteiger partial charge in [-0.25, -0.2) is 14.0 Å². The Hall–Kier alpha value is -2.68. The SMILES string of the molecule is CC(C)[C@H](NC(=O)OCc1ccccc1)C(=O)NOC(=O)C(CC(O)CF)C(C)(C)C. The number of amides is 2. The van der Waals surface area contributed by atoms with Crippen molar-refractivity contribution in [2.45, 2.75) is 59.8 Å². The number of aliphatic hydroxyl groups excluding tert-OH is 1. The lowest BCUT2D eigenvalue weighted by Crippen LogP contribution is -2.50. The summed E-state index contributed by atoms with van der Waals surface area (Å²) in [4.78, 5) is 41.9. The summed E-state index contributed by atoms with van der Waals surface area (Å²) in [5.41, 5.74) is 2.22. The molecule has 9 heteroatoms. The molecule has 2 unspecified atom stereocenters. The maximum absolute atomic E-state index is 12.7. The lowest BCUT2D eigenvalue weighted by atomic mass is 9.77. The standard InChI is InChI=1S/C22H33FN2O6/c1-14(2)18(24-21(29)30-13-15-9-7-6-8-10-15)19(27)25-31-20(28)17(22(3,4)5)11-16(26)12-23/h6-10,14,16-18,26H,11-13H2,1-5H3,(H,24,29)(H,25,27)/t16?,17?,18-/m0/s1. The molecule has 1 aromatic rings. The van der Waals surface area contributed by atoms with E-state index in [2.05, 4.69) is 10.8 Å². The van der Waals surface area contributed by atoms with Crippen molar-refractivity contribution in [2.75, 3.05) is 6.67 Å². The lowest BCUT2D eigenvalue weighted by molar-refractivity contribution is -0.167. The first-order chi connectivity index (χ1) is 14.5. The van der Waals surface area contributed by atoms with Gasteiger partial charge in [0, 0.05) is 0 Å². The van der Waals surface area contributed by atoms with Crippen LogP contribution in [0.5, 0.6) is 0 Å². The van der Waals surface area contributed by atoms with Gasteiger partial charge in [0.2, 0.25) is 0 Å². The van der Waals surface area contributed by atoms with Crippen LogP contribution in [0.25, 0.3) is 0 Å². The normalized spacial score (nSPS) is 14.3. The van der Waals surface area contributed by atoms with Crippen molar-refractivity contribution in [3.05, 3.63) is 35.9 Å². The van der Waals surface area contributed by atoms with Crippen molar-refractivity contribution in [3.63, 3.8) is 0 Å². The Bertz CT molecular complexity index is 720. The van der Waals surface area contributed by atoms with E-state index in [9.17, 15) is 23.9 Å². The third kappa shape index (κ3) is 9.33. The zero-order chi connectivity index (χ0) is 23.6. The van der Waals surface area contributed by atoms with E-state index < -0.39 is 48.1 Å². The van der Waals surface area contributed by atoms with Crippen molar-refractivity contribution in [1.29, 1.82) is 0 Å². The summed E-state index contributed by atoms with van der Waals surface area (Å²) in [6.07, 6.45) is -2.24. The van der Waals surface area contributed by atoms with E-state index in [0.29, 0.717) is 0 Å². The molecule has 1 rings (SSSR count). The quantitative estimate of drug-likeness (QED) is 0.509. The molecule has 0 aliphatic heterocycles. The molecule has 0 radical (unpaired) electrons. The summed E-state index contributed by atoms with van der Waals surface area (Å²) in [6, 6.07) is 8.04. The van der Waals surface area contributed by atoms with Crippen LogP contribution in [0.3, 0.4) is 0 Å². The van der Waals surface area contributed by atoms with Gasteiger partial charge in [0.25, 0.3) is 5.91 Å². The molecule has 0 bridgehead atoms. The molecule has 31 heavy (non-hydrogen) atoms. The molecule has 0 aliphatic rings. The smallest absolute Gasteiger partial charge is 0.408 e. The fourth-order valence-electron chi connectivity index (χ4n) is 2.80. The van der Waals surface area contributed by atoms with Gasteiger partial charge in [-0.1, -0.05) is 65.0 Å². The van der Waals surface area contributed by atoms with Crippen LogP contribution in [0.1, 0.15) is 46.6 Å². The second-order valence-corrected chi connectivity index (χ2v) is 8.78. The van der Waals surface area contributed by atoms with Crippen LogP contribution >= 0.6 is 0 Å². The van der Waals surface area contributed by atoms with Gasteiger partial charge in [-0.2, -0.15) is 5.48 Å². The Morgan fingerprint density at radius 3 is 2.26 bits per heavy atom. The summed E-state index contributed by atoms with van der Waals surface area (Å²) in [6.45, 7) is 7.69. The van der Waals surface area contributed by atoms with Crippen molar-refractivity contribution in [3.8, 4) is 0 Å². The van der Waals surface area contributed by atoms with Crippen molar-refractivity contribution in [1.82, 2.24) is 10.8 Å². The molecular formula is C22H33FN2O6. The van der Waals surface area contributed by atoms with Crippen LogP contribution in [-0.2, 0) is 25.8 Å². The fraction of sp³-hybridized carbons (Fsp3) is 0.591. The van der Waals surface area contributed by atoms with Crippen LogP contribution in [0, 0.1) is 17.3 Å². The number of rotatable bonds is 9. The first kappa shape index (κ1) is 26.4. The first-order valence-electron chi connectivity index (χ1n) is 10.2. The van der Waals surface area contributed by atoms with E-state index >= 15 is 0 Å². The van der Waals surface area contributed by atoms with Crippen LogP contribution in [-0.4, -0.2) is 41.9 Å². The highest BCUT2D eigenvalue weighted by Crippen LogP contribution is 2.31. The Morgan fingerprint density at radius 1 is 1.13 bits per heavy atom. The third-order valence-corrected chi connectivity index (χ3v) is 4.70. The molecule has 0 saturated heterocycles. The van der Waals surface area contributed by atoms with E-state index in [4.69, 9.17) is 9.57 Å². The molecule has 0 heterocycles. The first-order valence-corrected chi connectivity index (χ1v) is 10.2. The van der Waals surface area contributed by atoms with Crippen LogP contribution in [0.2, 0.25) is 0 Å². The largest absolute Gasteiger partial charge is 0.445 e. The van der Waals surface area contributed by atoms with E-state index in [1.165, 1.54) is 0 Å². The zero-order valence-electron chi connectivity index (χ0n) is 18.7. The summed E-state index contributed by atoms with van der Waals surface area (Å²) < 4.78 is 17.8. The van der Waals surface area contributed by atoms with Crippen molar-refractivity contribution in [2.24, 2.45) is 17.3 Å². The Kier molecular flexibility index (Phi) is 10.4. The van der Waals surface area contributed by atoms with E-state index in [1.807, 2.05) is 18.2 Å². The molecule has 0 saturated carbocycles. The molecule has 0 aliphatic carbocycles. The van der Waals surface area contributed by atoms with Crippen molar-refractivity contribution >= 4 is 18.0 Å². The Morgan fingerprint density at radius 2 is 1.74 bits per heavy atom. The minimum atomic E-state index is -1.31. The zero-order valence-corrected chi connectivity index (χ0v) is 18.7. The number of nitrogens with one attached hydrogen (secondary N) is 2. The van der Waals surface area contributed by atoms with Gasteiger partial charge in [0.1, 0.15) is 19.3 Å². The predicted molar refractivity (Wildman–Crippen MR) is 112 cm³/mol. The van der Waals surface area contributed by atoms with Gasteiger partial charge >= 0.3 is 12.1 Å². The number of benzene rings is 1. The Labute approximate surface area is 182 Å². The molecule has 0 aromatic heterocycles. The number of hydrogen-bond acceptors (Lipinski definition) is 6. The van der Waals surface area contributed by atoms with Crippen LogP contribution in [0.4, 0.5) is 9.18 Å². The van der Waals surface area contributed by atoms with Gasteiger partial charge in [-0.3, -0.25) is 4.79 Å². The number of hydroxylamine groups is 1. The molecule has 2 amide bonds. The highest BCUT2D eigenvalue weighted by molar-refractivity contribution is 5.86. The van der Waals surface area contributed by atoms with Crippen LogP contribution in [0.15, 0.2) is 30.3 Å². The molecule has 0 spiro atoms. The predicted octanol–water partition coefficient (Wildman–Crippen LogP) is 2.89. The maximum atomic E-state index is 12.7. The van der Waals surface area contributed by atoms with Crippen molar-refractivity contribution < 1.29 is 33.5 Å². The average molecular weight is 441 g/mol. The van der Waals surface area contributed by atoms with Gasteiger partial charge in [-0.05, 0) is 23.3 Å². The van der Waals surface area contributed by atoms with E-state index in [0.717, 1.165) is 5.56 Å². The number of ether oxygens (including phenoxy) is 1. The summed E-state index contributed by atoms with van der Waals surface area (Å²) in [7, 11) is 0. The molecule has 174 valence electrons. The minimum Gasteiger partial charge on any atom is -0.445 e. The van der Waals surface area contributed by atoms with Gasteiger partial charge < -0.3 is 20.0 Å². The molecule has 1 aromatic carbocycles. The van der Waals surface area contributed by atoms with Gasteiger partial charge in [-0.15, -0.1) is 0 Å². The summed E-state index contributed by atoms with van der Waals surface area (Å²) in [5.74, 6) is -2.71. The number of halogens is 1. The number of alkyl carbamates (subject to hydrolysis) is 1. The van der Waals surface area contributed by atoms with E-state index in [-0.39, 0.29) is 18.9 Å². The van der Waals surface area contributed by atoms with Gasteiger partial charge in [0.15, 0.2) is 0 Å². The number of carbonyl (C=O) groups excluding carboxylic acids is 3. The number of alkyl halides is 1. The van der Waals surface area contributed by atoms with E-state index in [1.54, 1.807) is 46.8 Å². The van der Waals surface area contributed by atoms with Crippen LogP contribution < -0.4 is 10.8 Å². The number of aliphatic hydroxyl groups is 1. The molecule has 3 atom stereocenters. The third-order valence-electron chi connectivity index (χ3n) is 4.70. The average Bonchev–Trinajstić information content (AvgIpc) is 2.71.